The maximum absolute atomic E-state index is 11.9. The van der Waals surface area contributed by atoms with Crippen LogP contribution in [-0.4, -0.2) is 58.4 Å². The van der Waals surface area contributed by atoms with Gasteiger partial charge >= 0.3 is 0 Å². The summed E-state index contributed by atoms with van der Waals surface area (Å²) in [5.74, 6) is -0.630. The molecule has 0 aromatic rings. The van der Waals surface area contributed by atoms with Gasteiger partial charge in [0.05, 0.1) is 35.8 Å². The summed E-state index contributed by atoms with van der Waals surface area (Å²) in [5, 5.41) is 7.01. The van der Waals surface area contributed by atoms with Gasteiger partial charge in [0.25, 0.3) is 0 Å². The summed E-state index contributed by atoms with van der Waals surface area (Å²) >= 11 is 0. The first-order chi connectivity index (χ1) is 8.99. The summed E-state index contributed by atoms with van der Waals surface area (Å²) in [6.07, 6.45) is -1.76. The lowest BCUT2D eigenvalue weighted by Gasteiger charge is -2.26. The number of azide groups is 2. The molecule has 0 aliphatic carbocycles. The molecule has 0 bridgehead atoms. The van der Waals surface area contributed by atoms with Gasteiger partial charge in [-0.05, 0) is 11.1 Å². The Morgan fingerprint density at radius 2 is 1.37 bits per heavy atom. The fourth-order valence-electron chi connectivity index (χ4n) is 2.03. The minimum Gasteiger partial charge on any atom is -0.380 e. The monoisotopic (exact) mass is 290 g/mol. The van der Waals surface area contributed by atoms with Gasteiger partial charge < -0.3 is 9.47 Å². The molecule has 1 heterocycles. The molecule has 0 saturated carbocycles. The molecule has 1 saturated heterocycles. The molecule has 1 rings (SSSR count). The van der Waals surface area contributed by atoms with E-state index in [2.05, 4.69) is 20.1 Å². The van der Waals surface area contributed by atoms with Crippen LogP contribution < -0.4 is 0 Å². The second kappa shape index (κ2) is 6.60. The molecule has 1 aliphatic heterocycles. The fourth-order valence-corrected chi connectivity index (χ4v) is 3.83. The van der Waals surface area contributed by atoms with Crippen LogP contribution in [0.2, 0.25) is 0 Å². The first kappa shape index (κ1) is 15.5. The van der Waals surface area contributed by atoms with Crippen molar-refractivity contribution in [2.75, 3.05) is 25.7 Å². The summed E-state index contributed by atoms with van der Waals surface area (Å²) in [6.45, 7) is 0. The van der Waals surface area contributed by atoms with Gasteiger partial charge in [0.1, 0.15) is 0 Å². The highest BCUT2D eigenvalue weighted by Gasteiger charge is 2.42. The number of sulfone groups is 1. The number of methoxy groups -OCH3 is 2. The molecule has 0 amide bonds. The van der Waals surface area contributed by atoms with Gasteiger partial charge in [-0.25, -0.2) is 8.42 Å². The normalized spacial score (nSPS) is 33.6. The zero-order valence-electron chi connectivity index (χ0n) is 10.4. The summed E-state index contributed by atoms with van der Waals surface area (Å²) in [6, 6.07) is -1.87. The van der Waals surface area contributed by atoms with Gasteiger partial charge in [0, 0.05) is 24.0 Å². The van der Waals surface area contributed by atoms with Gasteiger partial charge in [-0.3, -0.25) is 0 Å². The highest BCUT2D eigenvalue weighted by atomic mass is 32.2. The standard InChI is InChI=1S/C8H14N6O4S/c1-17-5-3-19(15,16)4-6(18-2)8(12-14-10)7(5)11-13-9/h5-8H,3-4H2,1-2H3/t5-,6+,7-,8-/m0/s1. The van der Waals surface area contributed by atoms with Crippen molar-refractivity contribution >= 4 is 9.84 Å². The Morgan fingerprint density at radius 3 is 1.63 bits per heavy atom. The molecule has 19 heavy (non-hydrogen) atoms. The topological polar surface area (TPSA) is 150 Å². The van der Waals surface area contributed by atoms with E-state index in [1.165, 1.54) is 14.2 Å². The largest absolute Gasteiger partial charge is 0.380 e. The summed E-state index contributed by atoms with van der Waals surface area (Å²) in [4.78, 5) is 5.32. The lowest BCUT2D eigenvalue weighted by atomic mass is 10.0. The van der Waals surface area contributed by atoms with E-state index in [-0.39, 0.29) is 11.5 Å². The smallest absolute Gasteiger partial charge is 0.155 e. The molecule has 0 unspecified atom stereocenters. The molecular weight excluding hydrogens is 276 g/mol. The second-order valence-electron chi connectivity index (χ2n) is 4.02. The van der Waals surface area contributed by atoms with Crippen molar-refractivity contribution < 1.29 is 17.9 Å². The summed E-state index contributed by atoms with van der Waals surface area (Å²) in [7, 11) is -0.849. The van der Waals surface area contributed by atoms with Gasteiger partial charge in [-0.2, -0.15) is 0 Å². The van der Waals surface area contributed by atoms with Gasteiger partial charge in [0.2, 0.25) is 0 Å². The van der Waals surface area contributed by atoms with Gasteiger partial charge in [-0.1, -0.05) is 10.2 Å². The van der Waals surface area contributed by atoms with E-state index < -0.39 is 34.1 Å². The molecule has 1 aliphatic rings. The lowest BCUT2D eigenvalue weighted by Crippen LogP contribution is -2.42. The van der Waals surface area contributed by atoms with Crippen LogP contribution in [0.5, 0.6) is 0 Å². The first-order valence-electron chi connectivity index (χ1n) is 5.33. The molecule has 0 aromatic carbocycles. The number of nitrogens with zero attached hydrogens (tertiary/aromatic N) is 6. The quantitative estimate of drug-likeness (QED) is 0.427. The highest BCUT2D eigenvalue weighted by molar-refractivity contribution is 7.91. The number of hydrogen-bond acceptors (Lipinski definition) is 6. The SMILES string of the molecule is CO[C@H]1CS(=O)(=O)C[C@@H](OC)[C@H](N=[N+]=[N-])[C@H]1N=[N+]=[N-]. The van der Waals surface area contributed by atoms with Crippen LogP contribution in [0.25, 0.3) is 20.9 Å². The van der Waals surface area contributed by atoms with Crippen molar-refractivity contribution in [2.24, 2.45) is 10.2 Å². The third kappa shape index (κ3) is 3.72. The van der Waals surface area contributed by atoms with E-state index in [4.69, 9.17) is 20.5 Å². The Labute approximate surface area is 109 Å². The van der Waals surface area contributed by atoms with E-state index in [1.54, 1.807) is 0 Å². The minimum absolute atomic E-state index is 0.315. The number of rotatable bonds is 4. The Hall–Kier alpha value is -1.51. The van der Waals surface area contributed by atoms with Crippen LogP contribution in [0.15, 0.2) is 10.2 Å². The Balaban J connectivity index is 3.32. The Morgan fingerprint density at radius 1 is 1.00 bits per heavy atom. The molecule has 0 aromatic heterocycles. The van der Waals surface area contributed by atoms with Crippen LogP contribution in [0.4, 0.5) is 0 Å². The third-order valence-corrected chi connectivity index (χ3v) is 4.60. The molecule has 0 N–H and O–H groups in total. The Kier molecular flexibility index (Phi) is 5.40. The molecule has 0 radical (unpaired) electrons. The second-order valence-corrected chi connectivity index (χ2v) is 6.17. The average Bonchev–Trinajstić information content (AvgIpc) is 2.47. The summed E-state index contributed by atoms with van der Waals surface area (Å²) in [5.41, 5.74) is 17.2. The predicted octanol–water partition coefficient (Wildman–Crippen LogP) is 0.803. The lowest BCUT2D eigenvalue weighted by molar-refractivity contribution is 0.0497. The van der Waals surface area contributed by atoms with Crippen molar-refractivity contribution in [3.8, 4) is 0 Å². The molecule has 0 spiro atoms. The van der Waals surface area contributed by atoms with E-state index >= 15 is 0 Å². The maximum Gasteiger partial charge on any atom is 0.155 e. The zero-order valence-corrected chi connectivity index (χ0v) is 11.3. The summed E-state index contributed by atoms with van der Waals surface area (Å²) < 4.78 is 33.9. The van der Waals surface area contributed by atoms with Crippen molar-refractivity contribution in [2.45, 2.75) is 24.3 Å². The molecule has 10 nitrogen and oxygen atoms in total. The van der Waals surface area contributed by atoms with E-state index in [1.807, 2.05) is 0 Å². The van der Waals surface area contributed by atoms with Crippen molar-refractivity contribution in [1.82, 2.24) is 0 Å². The van der Waals surface area contributed by atoms with Crippen LogP contribution in [-0.2, 0) is 19.3 Å². The highest BCUT2D eigenvalue weighted by Crippen LogP contribution is 2.24. The van der Waals surface area contributed by atoms with Crippen molar-refractivity contribution in [3.63, 3.8) is 0 Å². The van der Waals surface area contributed by atoms with Crippen LogP contribution in [0.3, 0.4) is 0 Å². The van der Waals surface area contributed by atoms with Gasteiger partial charge in [0.15, 0.2) is 9.84 Å². The Bertz CT molecular complexity index is 469. The minimum atomic E-state index is -3.46. The molecular formula is C8H14N6O4S. The van der Waals surface area contributed by atoms with Crippen LogP contribution in [0.1, 0.15) is 0 Å². The molecule has 1 fully saturated rings. The predicted molar refractivity (Wildman–Crippen MR) is 66.1 cm³/mol. The molecule has 4 atom stereocenters. The fraction of sp³-hybridized carbons (Fsp3) is 1.00. The molecule has 11 heteroatoms. The average molecular weight is 290 g/mol. The first-order valence-corrected chi connectivity index (χ1v) is 7.15. The van der Waals surface area contributed by atoms with E-state index in [0.29, 0.717) is 0 Å². The van der Waals surface area contributed by atoms with Gasteiger partial charge in [-0.15, -0.1) is 0 Å². The van der Waals surface area contributed by atoms with Crippen LogP contribution >= 0.6 is 0 Å². The number of ether oxygens (including phenoxy) is 2. The van der Waals surface area contributed by atoms with Crippen molar-refractivity contribution in [1.29, 1.82) is 0 Å². The van der Waals surface area contributed by atoms with Crippen molar-refractivity contribution in [3.05, 3.63) is 20.9 Å². The maximum atomic E-state index is 11.9. The van der Waals surface area contributed by atoms with Crippen LogP contribution in [0, 0.1) is 0 Å². The molecule has 106 valence electrons. The number of hydrogen-bond donors (Lipinski definition) is 0. The third-order valence-electron chi connectivity index (χ3n) is 2.92. The zero-order chi connectivity index (χ0) is 14.5. The van der Waals surface area contributed by atoms with E-state index in [0.717, 1.165) is 0 Å². The van der Waals surface area contributed by atoms with E-state index in [9.17, 15) is 8.42 Å².